The first-order valence-corrected chi connectivity index (χ1v) is 13.4. The Kier molecular flexibility index (Phi) is 10.7. The summed E-state index contributed by atoms with van der Waals surface area (Å²) >= 11 is 0. The van der Waals surface area contributed by atoms with Gasteiger partial charge in [0.15, 0.2) is 0 Å². The molecule has 4 atom stereocenters. The van der Waals surface area contributed by atoms with Gasteiger partial charge in [-0.05, 0) is 62.8 Å². The molecule has 11 heteroatoms. The molecule has 1 aromatic rings. The molecule has 2 aliphatic rings. The summed E-state index contributed by atoms with van der Waals surface area (Å²) in [4.78, 5) is 28.1. The number of amides is 2. The van der Waals surface area contributed by atoms with E-state index >= 15 is 0 Å². The number of rotatable bonds is 11. The van der Waals surface area contributed by atoms with Crippen molar-refractivity contribution in [2.75, 3.05) is 38.2 Å². The second-order valence-corrected chi connectivity index (χ2v) is 10.5. The monoisotopic (exact) mass is 543 g/mol. The minimum atomic E-state index is -4.75. The lowest BCUT2D eigenvalue weighted by Crippen LogP contribution is -2.45. The van der Waals surface area contributed by atoms with E-state index in [2.05, 4.69) is 15.4 Å². The number of benzene rings is 1. The van der Waals surface area contributed by atoms with E-state index in [-0.39, 0.29) is 35.9 Å². The topological polar surface area (TPSA) is 100 Å². The van der Waals surface area contributed by atoms with Gasteiger partial charge in [-0.15, -0.1) is 13.2 Å². The summed E-state index contributed by atoms with van der Waals surface area (Å²) in [5.41, 5.74) is -0.128. The van der Waals surface area contributed by atoms with Crippen molar-refractivity contribution < 1.29 is 37.3 Å². The van der Waals surface area contributed by atoms with Crippen molar-refractivity contribution in [3.8, 4) is 5.75 Å². The number of carbonyl (C=O) groups is 2. The molecule has 3 N–H and O–H groups in total. The van der Waals surface area contributed by atoms with E-state index in [4.69, 9.17) is 4.74 Å². The van der Waals surface area contributed by atoms with Gasteiger partial charge in [-0.3, -0.25) is 9.59 Å². The van der Waals surface area contributed by atoms with Crippen LogP contribution in [0.25, 0.3) is 0 Å². The van der Waals surface area contributed by atoms with Crippen LogP contribution in [0.2, 0.25) is 0 Å². The fourth-order valence-corrected chi connectivity index (χ4v) is 5.28. The first-order valence-electron chi connectivity index (χ1n) is 13.4. The summed E-state index contributed by atoms with van der Waals surface area (Å²) in [5, 5.41) is 16.9. The zero-order valence-electron chi connectivity index (χ0n) is 22.2. The summed E-state index contributed by atoms with van der Waals surface area (Å²) in [6, 6.07) is 5.07. The Morgan fingerprint density at radius 3 is 2.55 bits per heavy atom. The van der Waals surface area contributed by atoms with Gasteiger partial charge in [0.2, 0.25) is 11.8 Å². The number of nitrogens with zero attached hydrogens (tertiary/aromatic N) is 1. The number of aliphatic hydroxyl groups is 1. The second kappa shape index (κ2) is 13.5. The zero-order chi connectivity index (χ0) is 27.8. The first-order chi connectivity index (χ1) is 18.0. The Bertz CT molecular complexity index is 908. The van der Waals surface area contributed by atoms with E-state index < -0.39 is 17.9 Å². The highest BCUT2D eigenvalue weighted by atomic mass is 19.4. The average molecular weight is 544 g/mol. The van der Waals surface area contributed by atoms with Crippen LogP contribution in [-0.4, -0.2) is 72.7 Å². The van der Waals surface area contributed by atoms with Crippen LogP contribution in [0.4, 0.5) is 18.9 Å². The van der Waals surface area contributed by atoms with Crippen molar-refractivity contribution in [1.82, 2.24) is 10.2 Å². The number of morpholine rings is 1. The lowest BCUT2D eigenvalue weighted by molar-refractivity contribution is -0.274. The normalized spacial score (nSPS) is 23.8. The molecular formula is C27H40F3N3O5. The fraction of sp³-hybridized carbons (Fsp3) is 0.704. The minimum absolute atomic E-state index is 0.0676. The van der Waals surface area contributed by atoms with Crippen LogP contribution in [0.5, 0.6) is 5.75 Å². The maximum Gasteiger partial charge on any atom is 0.573 e. The molecule has 2 fully saturated rings. The molecule has 8 nitrogen and oxygen atoms in total. The average Bonchev–Trinajstić information content (AvgIpc) is 2.87. The van der Waals surface area contributed by atoms with Crippen molar-refractivity contribution in [3.63, 3.8) is 0 Å². The van der Waals surface area contributed by atoms with Gasteiger partial charge < -0.3 is 30.1 Å². The molecular weight excluding hydrogens is 503 g/mol. The Morgan fingerprint density at radius 1 is 1.24 bits per heavy atom. The third kappa shape index (κ3) is 9.65. The van der Waals surface area contributed by atoms with E-state index in [0.29, 0.717) is 57.8 Å². The molecule has 0 spiro atoms. The number of carbonyl (C=O) groups excluding carboxylic acids is 2. The van der Waals surface area contributed by atoms with E-state index in [9.17, 15) is 27.9 Å². The predicted octanol–water partition coefficient (Wildman–Crippen LogP) is 4.09. The highest BCUT2D eigenvalue weighted by Gasteiger charge is 2.36. The third-order valence-electron chi connectivity index (χ3n) is 7.44. The van der Waals surface area contributed by atoms with Gasteiger partial charge in [0, 0.05) is 43.7 Å². The molecule has 1 aromatic carbocycles. The van der Waals surface area contributed by atoms with Crippen molar-refractivity contribution in [2.24, 2.45) is 11.8 Å². The minimum Gasteiger partial charge on any atom is -0.406 e. The molecule has 0 radical (unpaired) electrons. The number of hydrogen-bond donors (Lipinski definition) is 3. The summed E-state index contributed by atoms with van der Waals surface area (Å²) < 4.78 is 46.3. The quantitative estimate of drug-likeness (QED) is 0.389. The number of halogens is 3. The molecule has 0 aromatic heterocycles. The first kappa shape index (κ1) is 30.0. The molecule has 2 unspecified atom stereocenters. The molecule has 214 valence electrons. The van der Waals surface area contributed by atoms with Gasteiger partial charge in [-0.2, -0.15) is 0 Å². The van der Waals surface area contributed by atoms with Gasteiger partial charge in [-0.25, -0.2) is 0 Å². The molecule has 1 aliphatic carbocycles. The van der Waals surface area contributed by atoms with Crippen LogP contribution in [0.15, 0.2) is 24.3 Å². The number of nitrogens with one attached hydrogen (secondary N) is 2. The van der Waals surface area contributed by atoms with E-state index in [1.807, 2.05) is 13.8 Å². The molecule has 1 heterocycles. The van der Waals surface area contributed by atoms with Crippen LogP contribution in [-0.2, 0) is 14.3 Å². The molecule has 1 aliphatic heterocycles. The molecule has 2 amide bonds. The SMILES string of the molecule is CCC1(O)CCCC(C[C@H](CC(=O)N2CCOCC2)C(=O)N[C@@H](C)CNc2ccc(OC(F)(F)F)cc2)C1. The van der Waals surface area contributed by atoms with Crippen LogP contribution >= 0.6 is 0 Å². The van der Waals surface area contributed by atoms with Crippen molar-refractivity contribution in [2.45, 2.75) is 76.8 Å². The lowest BCUT2D eigenvalue weighted by Gasteiger charge is -2.37. The van der Waals surface area contributed by atoms with Gasteiger partial charge in [0.1, 0.15) is 5.75 Å². The van der Waals surface area contributed by atoms with Crippen molar-refractivity contribution in [1.29, 1.82) is 0 Å². The summed E-state index contributed by atoms with van der Waals surface area (Å²) in [7, 11) is 0. The largest absolute Gasteiger partial charge is 0.573 e. The summed E-state index contributed by atoms with van der Waals surface area (Å²) in [6.07, 6.45) is -0.241. The second-order valence-electron chi connectivity index (χ2n) is 10.5. The van der Waals surface area contributed by atoms with E-state index in [1.54, 1.807) is 4.90 Å². The van der Waals surface area contributed by atoms with Gasteiger partial charge in [-0.1, -0.05) is 19.8 Å². The van der Waals surface area contributed by atoms with Crippen LogP contribution in [0.3, 0.4) is 0 Å². The van der Waals surface area contributed by atoms with E-state index in [0.717, 1.165) is 19.3 Å². The van der Waals surface area contributed by atoms with Crippen molar-refractivity contribution in [3.05, 3.63) is 24.3 Å². The van der Waals surface area contributed by atoms with E-state index in [1.165, 1.54) is 24.3 Å². The summed E-state index contributed by atoms with van der Waals surface area (Å²) in [5.74, 6) is -0.944. The summed E-state index contributed by atoms with van der Waals surface area (Å²) in [6.45, 7) is 6.14. The Labute approximate surface area is 222 Å². The van der Waals surface area contributed by atoms with Gasteiger partial charge in [0.05, 0.1) is 18.8 Å². The standard InChI is InChI=1S/C27H40F3N3O5/c1-3-26(36)10-4-5-20(17-26)15-21(16-24(34)33-11-13-37-14-12-33)25(35)32-19(2)18-31-22-6-8-23(9-7-22)38-27(28,29)30/h6-9,19-21,31,36H,3-5,10-18H2,1-2H3,(H,32,35)/t19-,20?,21+,26?/m0/s1. The number of hydrogen-bond acceptors (Lipinski definition) is 6. The van der Waals surface area contributed by atoms with Crippen molar-refractivity contribution >= 4 is 17.5 Å². The molecule has 1 saturated carbocycles. The Balaban J connectivity index is 1.57. The zero-order valence-corrected chi connectivity index (χ0v) is 22.2. The Hall–Kier alpha value is -2.53. The van der Waals surface area contributed by atoms with Gasteiger partial charge >= 0.3 is 6.36 Å². The fourth-order valence-electron chi connectivity index (χ4n) is 5.28. The number of ether oxygens (including phenoxy) is 2. The molecule has 38 heavy (non-hydrogen) atoms. The lowest BCUT2D eigenvalue weighted by atomic mass is 9.73. The molecule has 0 bridgehead atoms. The molecule has 3 rings (SSSR count). The Morgan fingerprint density at radius 2 is 1.92 bits per heavy atom. The van der Waals surface area contributed by atoms with Crippen LogP contribution < -0.4 is 15.4 Å². The maximum atomic E-state index is 13.3. The number of alkyl halides is 3. The van der Waals surface area contributed by atoms with Crippen LogP contribution in [0.1, 0.15) is 58.8 Å². The maximum absolute atomic E-state index is 13.3. The molecule has 1 saturated heterocycles. The predicted molar refractivity (Wildman–Crippen MR) is 137 cm³/mol. The van der Waals surface area contributed by atoms with Crippen LogP contribution in [0, 0.1) is 11.8 Å². The number of anilines is 1. The smallest absolute Gasteiger partial charge is 0.406 e. The highest BCUT2D eigenvalue weighted by Crippen LogP contribution is 2.38. The highest BCUT2D eigenvalue weighted by molar-refractivity contribution is 5.86. The third-order valence-corrected chi connectivity index (χ3v) is 7.44. The van der Waals surface area contributed by atoms with Gasteiger partial charge in [0.25, 0.3) is 0 Å².